The molecule has 17 heavy (non-hydrogen) atoms. The van der Waals surface area contributed by atoms with Gasteiger partial charge in [-0.3, -0.25) is 4.79 Å². The third kappa shape index (κ3) is 2.50. The number of rotatable bonds is 2. The first-order valence-corrected chi connectivity index (χ1v) is 6.02. The van der Waals surface area contributed by atoms with E-state index in [0.29, 0.717) is 10.7 Å². The quantitative estimate of drug-likeness (QED) is 0.926. The van der Waals surface area contributed by atoms with Gasteiger partial charge in [-0.2, -0.15) is 5.10 Å². The SMILES string of the molecule is CNC(=O)c1ccn(-c2ccc(Cl)cc2Br)n1. The Balaban J connectivity index is 2.40. The normalized spacial score (nSPS) is 10.3. The fourth-order valence-corrected chi connectivity index (χ4v) is 2.24. The van der Waals surface area contributed by atoms with Crippen molar-refractivity contribution in [1.29, 1.82) is 0 Å². The Bertz CT molecular complexity index is 568. The molecule has 0 aliphatic rings. The maximum absolute atomic E-state index is 11.4. The van der Waals surface area contributed by atoms with E-state index in [4.69, 9.17) is 11.6 Å². The summed E-state index contributed by atoms with van der Waals surface area (Å²) < 4.78 is 2.43. The average Bonchev–Trinajstić information content (AvgIpc) is 2.77. The van der Waals surface area contributed by atoms with Crippen molar-refractivity contribution >= 4 is 33.4 Å². The molecule has 0 bridgehead atoms. The van der Waals surface area contributed by atoms with Gasteiger partial charge in [-0.1, -0.05) is 11.6 Å². The Hall–Kier alpha value is -1.33. The lowest BCUT2D eigenvalue weighted by Crippen LogP contribution is -2.18. The van der Waals surface area contributed by atoms with E-state index in [0.717, 1.165) is 10.2 Å². The van der Waals surface area contributed by atoms with E-state index >= 15 is 0 Å². The lowest BCUT2D eigenvalue weighted by Gasteiger charge is -2.04. The summed E-state index contributed by atoms with van der Waals surface area (Å²) in [7, 11) is 1.57. The molecule has 0 saturated heterocycles. The van der Waals surface area contributed by atoms with Crippen LogP contribution >= 0.6 is 27.5 Å². The highest BCUT2D eigenvalue weighted by Crippen LogP contribution is 2.24. The van der Waals surface area contributed by atoms with Crippen LogP contribution in [0.25, 0.3) is 5.69 Å². The molecule has 6 heteroatoms. The van der Waals surface area contributed by atoms with Gasteiger partial charge in [-0.15, -0.1) is 0 Å². The van der Waals surface area contributed by atoms with Crippen LogP contribution < -0.4 is 5.32 Å². The number of hydrogen-bond acceptors (Lipinski definition) is 2. The standard InChI is InChI=1S/C11H9BrClN3O/c1-14-11(17)9-4-5-16(15-9)10-3-2-7(13)6-8(10)12/h2-6H,1H3,(H,14,17). The van der Waals surface area contributed by atoms with Crippen molar-refractivity contribution in [3.63, 3.8) is 0 Å². The molecule has 4 nitrogen and oxygen atoms in total. The molecule has 0 atom stereocenters. The van der Waals surface area contributed by atoms with Crippen molar-refractivity contribution in [2.75, 3.05) is 7.05 Å². The molecule has 1 aromatic carbocycles. The van der Waals surface area contributed by atoms with Gasteiger partial charge in [-0.05, 0) is 40.2 Å². The van der Waals surface area contributed by atoms with Crippen molar-refractivity contribution in [3.8, 4) is 5.69 Å². The Morgan fingerprint density at radius 1 is 1.47 bits per heavy atom. The lowest BCUT2D eigenvalue weighted by molar-refractivity contribution is 0.0957. The van der Waals surface area contributed by atoms with Crippen LogP contribution in [0.15, 0.2) is 34.9 Å². The molecule has 0 radical (unpaired) electrons. The molecule has 0 spiro atoms. The van der Waals surface area contributed by atoms with E-state index < -0.39 is 0 Å². The summed E-state index contributed by atoms with van der Waals surface area (Å²) in [6, 6.07) is 7.02. The summed E-state index contributed by atoms with van der Waals surface area (Å²) in [5.74, 6) is -0.214. The minimum atomic E-state index is -0.214. The number of nitrogens with zero attached hydrogens (tertiary/aromatic N) is 2. The number of nitrogens with one attached hydrogen (secondary N) is 1. The van der Waals surface area contributed by atoms with Crippen LogP contribution in [0, 0.1) is 0 Å². The second-order valence-electron chi connectivity index (χ2n) is 3.32. The molecule has 0 unspecified atom stereocenters. The van der Waals surface area contributed by atoms with Crippen molar-refractivity contribution in [1.82, 2.24) is 15.1 Å². The van der Waals surface area contributed by atoms with Crippen molar-refractivity contribution in [2.24, 2.45) is 0 Å². The van der Waals surface area contributed by atoms with Gasteiger partial charge in [0.05, 0.1) is 5.69 Å². The van der Waals surface area contributed by atoms with Crippen molar-refractivity contribution in [3.05, 3.63) is 45.7 Å². The minimum Gasteiger partial charge on any atom is -0.354 e. The summed E-state index contributed by atoms with van der Waals surface area (Å²) in [6.07, 6.45) is 1.72. The van der Waals surface area contributed by atoms with Gasteiger partial charge in [0.1, 0.15) is 0 Å². The Morgan fingerprint density at radius 3 is 2.88 bits per heavy atom. The molecule has 2 aromatic rings. The Kier molecular flexibility index (Phi) is 3.49. The van der Waals surface area contributed by atoms with Crippen LogP contribution in [0.4, 0.5) is 0 Å². The van der Waals surface area contributed by atoms with Crippen LogP contribution in [0.3, 0.4) is 0 Å². The molecular formula is C11H9BrClN3O. The Labute approximate surface area is 112 Å². The zero-order valence-electron chi connectivity index (χ0n) is 8.95. The van der Waals surface area contributed by atoms with Gasteiger partial charge in [0.15, 0.2) is 5.69 Å². The molecule has 1 N–H and O–H groups in total. The third-order valence-electron chi connectivity index (χ3n) is 2.21. The first-order valence-electron chi connectivity index (χ1n) is 4.85. The number of benzene rings is 1. The van der Waals surface area contributed by atoms with Gasteiger partial charge in [-0.25, -0.2) is 4.68 Å². The smallest absolute Gasteiger partial charge is 0.271 e. The highest BCUT2D eigenvalue weighted by Gasteiger charge is 2.09. The first-order chi connectivity index (χ1) is 8.11. The first kappa shape index (κ1) is 12.1. The van der Waals surface area contributed by atoms with Crippen LogP contribution in [-0.2, 0) is 0 Å². The molecule has 1 aromatic heterocycles. The topological polar surface area (TPSA) is 46.9 Å². The zero-order chi connectivity index (χ0) is 12.4. The molecule has 88 valence electrons. The number of hydrogen-bond donors (Lipinski definition) is 1. The maximum Gasteiger partial charge on any atom is 0.271 e. The van der Waals surface area contributed by atoms with Gasteiger partial charge in [0, 0.05) is 22.7 Å². The van der Waals surface area contributed by atoms with Crippen molar-refractivity contribution in [2.45, 2.75) is 0 Å². The van der Waals surface area contributed by atoms with E-state index in [1.54, 1.807) is 36.1 Å². The van der Waals surface area contributed by atoms with Crippen LogP contribution in [0.1, 0.15) is 10.5 Å². The Morgan fingerprint density at radius 2 is 2.24 bits per heavy atom. The summed E-state index contributed by atoms with van der Waals surface area (Å²) in [6.45, 7) is 0. The summed E-state index contributed by atoms with van der Waals surface area (Å²) >= 11 is 9.26. The number of carbonyl (C=O) groups excluding carboxylic acids is 1. The maximum atomic E-state index is 11.4. The number of halogens is 2. The molecule has 0 saturated carbocycles. The molecule has 1 heterocycles. The summed E-state index contributed by atoms with van der Waals surface area (Å²) in [5, 5.41) is 7.33. The van der Waals surface area contributed by atoms with Gasteiger partial charge in [0.25, 0.3) is 5.91 Å². The van der Waals surface area contributed by atoms with Crippen LogP contribution in [-0.4, -0.2) is 22.7 Å². The molecule has 2 rings (SSSR count). The lowest BCUT2D eigenvalue weighted by atomic mass is 10.3. The van der Waals surface area contributed by atoms with Crippen molar-refractivity contribution < 1.29 is 4.79 Å². The summed E-state index contributed by atoms with van der Waals surface area (Å²) in [5.41, 5.74) is 1.19. The van der Waals surface area contributed by atoms with E-state index in [1.807, 2.05) is 6.07 Å². The second kappa shape index (κ2) is 4.89. The highest BCUT2D eigenvalue weighted by molar-refractivity contribution is 9.10. The van der Waals surface area contributed by atoms with E-state index in [9.17, 15) is 4.79 Å². The zero-order valence-corrected chi connectivity index (χ0v) is 11.3. The predicted molar refractivity (Wildman–Crippen MR) is 69.7 cm³/mol. The largest absolute Gasteiger partial charge is 0.354 e. The number of amides is 1. The molecule has 1 amide bonds. The average molecular weight is 315 g/mol. The monoisotopic (exact) mass is 313 g/mol. The fourth-order valence-electron chi connectivity index (χ4n) is 1.37. The third-order valence-corrected chi connectivity index (χ3v) is 3.08. The minimum absolute atomic E-state index is 0.214. The second-order valence-corrected chi connectivity index (χ2v) is 4.61. The van der Waals surface area contributed by atoms with Crippen LogP contribution in [0.5, 0.6) is 0 Å². The van der Waals surface area contributed by atoms with E-state index in [1.165, 1.54) is 0 Å². The number of aromatic nitrogens is 2. The van der Waals surface area contributed by atoms with Gasteiger partial charge in [0.2, 0.25) is 0 Å². The fraction of sp³-hybridized carbons (Fsp3) is 0.0909. The molecule has 0 fully saturated rings. The number of carbonyl (C=O) groups is 1. The summed E-state index contributed by atoms with van der Waals surface area (Å²) in [4.78, 5) is 11.4. The van der Waals surface area contributed by atoms with Gasteiger partial charge < -0.3 is 5.32 Å². The van der Waals surface area contributed by atoms with E-state index in [2.05, 4.69) is 26.3 Å². The molecular weight excluding hydrogens is 305 g/mol. The van der Waals surface area contributed by atoms with Crippen LogP contribution in [0.2, 0.25) is 5.02 Å². The van der Waals surface area contributed by atoms with E-state index in [-0.39, 0.29) is 5.91 Å². The predicted octanol–water partition coefficient (Wildman–Crippen LogP) is 2.65. The molecule has 0 aliphatic heterocycles. The highest BCUT2D eigenvalue weighted by atomic mass is 79.9. The molecule has 0 aliphatic carbocycles. The van der Waals surface area contributed by atoms with Gasteiger partial charge >= 0.3 is 0 Å².